The van der Waals surface area contributed by atoms with Crippen molar-refractivity contribution in [1.29, 1.82) is 0 Å². The molecule has 0 fully saturated rings. The molecule has 1 unspecified atom stereocenters. The van der Waals surface area contributed by atoms with Crippen LogP contribution in [0.5, 0.6) is 0 Å². The molecule has 1 aliphatic carbocycles. The number of anilines is 1. The number of aromatic nitrogens is 6. The van der Waals surface area contributed by atoms with Crippen LogP contribution >= 0.6 is 11.6 Å². The van der Waals surface area contributed by atoms with Gasteiger partial charge in [-0.05, 0) is 31.6 Å². The van der Waals surface area contributed by atoms with Gasteiger partial charge in [-0.25, -0.2) is 0 Å². The lowest BCUT2D eigenvalue weighted by Crippen LogP contribution is -2.25. The second kappa shape index (κ2) is 7.55. The van der Waals surface area contributed by atoms with E-state index in [1.165, 1.54) is 0 Å². The number of hydrogen-bond donors (Lipinski definition) is 0. The Morgan fingerprint density at radius 1 is 1.29 bits per heavy atom. The summed E-state index contributed by atoms with van der Waals surface area (Å²) in [6.07, 6.45) is 9.94. The molecule has 3 aromatic heterocycles. The largest absolute Gasteiger partial charge is 0.339 e. The third-order valence-corrected chi connectivity index (χ3v) is 5.15. The minimum Gasteiger partial charge on any atom is -0.339 e. The molecule has 2 atom stereocenters. The average Bonchev–Trinajstić information content (AvgIpc) is 3.35. The number of pyridine rings is 1. The maximum atomic E-state index is 6.12. The number of nitrogens with zero attached hydrogens (tertiary/aromatic N) is 7. The van der Waals surface area contributed by atoms with Gasteiger partial charge in [-0.3, -0.25) is 9.55 Å². The molecular formula is C19H20ClN7O. The lowest BCUT2D eigenvalue weighted by Gasteiger charge is -2.22. The van der Waals surface area contributed by atoms with Gasteiger partial charge >= 0.3 is 0 Å². The van der Waals surface area contributed by atoms with E-state index in [4.69, 9.17) is 16.1 Å². The van der Waals surface area contributed by atoms with Gasteiger partial charge in [0.1, 0.15) is 0 Å². The van der Waals surface area contributed by atoms with Gasteiger partial charge in [-0.1, -0.05) is 28.9 Å². The van der Waals surface area contributed by atoms with Crippen LogP contribution in [-0.2, 0) is 7.05 Å². The molecular weight excluding hydrogens is 378 g/mol. The van der Waals surface area contributed by atoms with E-state index in [9.17, 15) is 0 Å². The average molecular weight is 398 g/mol. The van der Waals surface area contributed by atoms with Gasteiger partial charge in [0.2, 0.25) is 11.8 Å². The molecule has 28 heavy (non-hydrogen) atoms. The monoisotopic (exact) mass is 397 g/mol. The molecule has 0 amide bonds. The fourth-order valence-electron chi connectivity index (χ4n) is 3.10. The fraction of sp³-hybridized carbons (Fsp3) is 0.316. The van der Waals surface area contributed by atoms with E-state index < -0.39 is 0 Å². The maximum absolute atomic E-state index is 6.12. The molecule has 0 N–H and O–H groups in total. The lowest BCUT2D eigenvalue weighted by atomic mass is 10.0. The molecule has 8 nitrogen and oxygen atoms in total. The summed E-state index contributed by atoms with van der Waals surface area (Å²) >= 11 is 6.12. The van der Waals surface area contributed by atoms with Gasteiger partial charge in [-0.2, -0.15) is 4.98 Å². The summed E-state index contributed by atoms with van der Waals surface area (Å²) in [5.41, 5.74) is 0.952. The summed E-state index contributed by atoms with van der Waals surface area (Å²) in [6.45, 7) is 2.00. The molecule has 0 aliphatic heterocycles. The van der Waals surface area contributed by atoms with E-state index >= 15 is 0 Å². The molecule has 0 radical (unpaired) electrons. The van der Waals surface area contributed by atoms with E-state index in [2.05, 4.69) is 25.3 Å². The Morgan fingerprint density at radius 3 is 2.82 bits per heavy atom. The normalized spacial score (nSPS) is 17.4. The zero-order chi connectivity index (χ0) is 19.7. The van der Waals surface area contributed by atoms with Crippen molar-refractivity contribution in [3.05, 3.63) is 59.5 Å². The van der Waals surface area contributed by atoms with Gasteiger partial charge < -0.3 is 9.42 Å². The minimum atomic E-state index is -0.149. The Kier molecular flexibility index (Phi) is 4.95. The highest BCUT2D eigenvalue weighted by Gasteiger charge is 2.25. The van der Waals surface area contributed by atoms with Gasteiger partial charge in [0.25, 0.3) is 0 Å². The van der Waals surface area contributed by atoms with Crippen LogP contribution in [0.15, 0.2) is 52.3 Å². The predicted octanol–water partition coefficient (Wildman–Crippen LogP) is 3.62. The van der Waals surface area contributed by atoms with E-state index in [1.807, 2.05) is 60.8 Å². The summed E-state index contributed by atoms with van der Waals surface area (Å²) in [5, 5.41) is 13.6. The van der Waals surface area contributed by atoms with Crippen molar-refractivity contribution >= 4 is 17.5 Å². The number of halogens is 1. The Hall–Kier alpha value is -3.00. The Morgan fingerprint density at radius 2 is 2.07 bits per heavy atom. The first-order valence-electron chi connectivity index (χ1n) is 8.93. The molecule has 3 heterocycles. The SMILES string of the molecule is C[C@@H](c1noc(C2C=CC=C(Cl)C2)n1)N(C)c1nnc(-c2ccncc2)n1C. The van der Waals surface area contributed by atoms with Crippen LogP contribution in [0.2, 0.25) is 0 Å². The Labute approximate surface area is 167 Å². The first-order chi connectivity index (χ1) is 13.5. The summed E-state index contributed by atoms with van der Waals surface area (Å²) in [7, 11) is 3.86. The van der Waals surface area contributed by atoms with Gasteiger partial charge in [0.05, 0.1) is 12.0 Å². The van der Waals surface area contributed by atoms with Crippen LogP contribution in [0.3, 0.4) is 0 Å². The van der Waals surface area contributed by atoms with Gasteiger partial charge in [0, 0.05) is 37.1 Å². The number of hydrogen-bond acceptors (Lipinski definition) is 7. The summed E-state index contributed by atoms with van der Waals surface area (Å²) < 4.78 is 7.42. The second-order valence-electron chi connectivity index (χ2n) is 6.71. The highest BCUT2D eigenvalue weighted by atomic mass is 35.5. The summed E-state index contributed by atoms with van der Waals surface area (Å²) in [4.78, 5) is 10.6. The van der Waals surface area contributed by atoms with Crippen molar-refractivity contribution in [2.24, 2.45) is 7.05 Å². The zero-order valence-corrected chi connectivity index (χ0v) is 16.6. The standard InChI is InChI=1S/C19H20ClN7O/c1-12(16-22-18(28-25-16)14-5-4-6-15(20)11-14)26(2)19-24-23-17(27(19)3)13-7-9-21-10-8-13/h4-10,12,14H,11H2,1-3H3/t12-,14?/m0/s1. The van der Waals surface area contributed by atoms with Crippen LogP contribution in [0.1, 0.15) is 37.0 Å². The molecule has 0 saturated heterocycles. The molecule has 4 rings (SSSR count). The third kappa shape index (κ3) is 3.43. The molecule has 0 spiro atoms. The highest BCUT2D eigenvalue weighted by molar-refractivity contribution is 6.29. The van der Waals surface area contributed by atoms with E-state index in [0.717, 1.165) is 16.4 Å². The zero-order valence-electron chi connectivity index (χ0n) is 15.8. The molecule has 0 saturated carbocycles. The molecule has 144 valence electrons. The first-order valence-corrected chi connectivity index (χ1v) is 9.31. The van der Waals surface area contributed by atoms with E-state index in [-0.39, 0.29) is 12.0 Å². The third-order valence-electron chi connectivity index (χ3n) is 4.87. The van der Waals surface area contributed by atoms with Crippen LogP contribution in [0.4, 0.5) is 5.95 Å². The summed E-state index contributed by atoms with van der Waals surface area (Å²) in [6, 6.07) is 3.66. The lowest BCUT2D eigenvalue weighted by molar-refractivity contribution is 0.359. The van der Waals surface area contributed by atoms with Crippen molar-refractivity contribution in [2.45, 2.75) is 25.3 Å². The highest BCUT2D eigenvalue weighted by Crippen LogP contribution is 2.31. The fourth-order valence-corrected chi connectivity index (χ4v) is 3.34. The molecule has 3 aromatic rings. The molecule has 0 aromatic carbocycles. The van der Waals surface area contributed by atoms with Crippen molar-refractivity contribution < 1.29 is 4.52 Å². The van der Waals surface area contributed by atoms with Crippen molar-refractivity contribution in [3.8, 4) is 11.4 Å². The van der Waals surface area contributed by atoms with Gasteiger partial charge in [-0.15, -0.1) is 10.2 Å². The smallest absolute Gasteiger partial charge is 0.234 e. The second-order valence-corrected chi connectivity index (χ2v) is 7.19. The Bertz CT molecular complexity index is 1020. The number of allylic oxidation sites excluding steroid dienone is 4. The van der Waals surface area contributed by atoms with Crippen LogP contribution < -0.4 is 4.90 Å². The van der Waals surface area contributed by atoms with E-state index in [1.54, 1.807) is 12.4 Å². The predicted molar refractivity (Wildman–Crippen MR) is 106 cm³/mol. The first kappa shape index (κ1) is 18.4. The quantitative estimate of drug-likeness (QED) is 0.649. The van der Waals surface area contributed by atoms with Crippen molar-refractivity contribution in [2.75, 3.05) is 11.9 Å². The molecule has 1 aliphatic rings. The van der Waals surface area contributed by atoms with Gasteiger partial charge in [0.15, 0.2) is 11.6 Å². The molecule has 9 heteroatoms. The van der Waals surface area contributed by atoms with Crippen LogP contribution in [0, 0.1) is 0 Å². The van der Waals surface area contributed by atoms with Crippen molar-refractivity contribution in [3.63, 3.8) is 0 Å². The van der Waals surface area contributed by atoms with Crippen molar-refractivity contribution in [1.82, 2.24) is 29.9 Å². The van der Waals surface area contributed by atoms with Crippen LogP contribution in [-0.4, -0.2) is 36.9 Å². The Balaban J connectivity index is 1.55. The number of rotatable bonds is 5. The van der Waals surface area contributed by atoms with E-state index in [0.29, 0.717) is 24.1 Å². The summed E-state index contributed by atoms with van der Waals surface area (Å²) in [5.74, 6) is 2.62. The minimum absolute atomic E-state index is 0.00405. The topological polar surface area (TPSA) is 85.8 Å². The maximum Gasteiger partial charge on any atom is 0.234 e. The van der Waals surface area contributed by atoms with Crippen LogP contribution in [0.25, 0.3) is 11.4 Å². The molecule has 0 bridgehead atoms.